The van der Waals surface area contributed by atoms with Crippen molar-refractivity contribution in [3.63, 3.8) is 0 Å². The molecule has 0 bridgehead atoms. The van der Waals surface area contributed by atoms with Gasteiger partial charge in [0.05, 0.1) is 18.0 Å². The van der Waals surface area contributed by atoms with E-state index in [-0.39, 0.29) is 0 Å². The van der Waals surface area contributed by atoms with Crippen molar-refractivity contribution in [1.29, 1.82) is 0 Å². The Hall–Kier alpha value is -3.18. The first-order valence-corrected chi connectivity index (χ1v) is 9.92. The lowest BCUT2D eigenvalue weighted by Gasteiger charge is -2.09. The molecule has 4 nitrogen and oxygen atoms in total. The van der Waals surface area contributed by atoms with Gasteiger partial charge in [-0.1, -0.05) is 60.2 Å². The molecule has 28 heavy (non-hydrogen) atoms. The molecule has 2 aromatic heterocycles. The minimum absolute atomic E-state index is 0.306. The summed E-state index contributed by atoms with van der Waals surface area (Å²) in [5, 5.41) is 0.802. The predicted molar refractivity (Wildman–Crippen MR) is 116 cm³/mol. The molecular formula is C23H20N2O2S. The third-order valence-electron chi connectivity index (χ3n) is 4.59. The highest BCUT2D eigenvalue weighted by atomic mass is 32.1. The lowest BCUT2D eigenvalue weighted by Crippen LogP contribution is -2.04. The van der Waals surface area contributed by atoms with Crippen molar-refractivity contribution in [2.24, 2.45) is 0 Å². The first-order chi connectivity index (χ1) is 13.6. The van der Waals surface area contributed by atoms with E-state index in [0.717, 1.165) is 32.6 Å². The zero-order valence-electron chi connectivity index (χ0n) is 15.7. The predicted octanol–water partition coefficient (Wildman–Crippen LogP) is 5.70. The number of carbonyl (C=O) groups excluding carboxylic acids is 1. The number of fused-ring (bicyclic) bond motifs is 1. The average Bonchev–Trinajstić information content (AvgIpc) is 3.05. The van der Waals surface area contributed by atoms with E-state index in [4.69, 9.17) is 15.5 Å². The molecule has 0 amide bonds. The Morgan fingerprint density at radius 3 is 2.46 bits per heavy atom. The van der Waals surface area contributed by atoms with Crippen LogP contribution in [0.1, 0.15) is 22.2 Å². The fraction of sp³-hybridized carbons (Fsp3) is 0.130. The third-order valence-corrected chi connectivity index (χ3v) is 5.67. The molecule has 0 radical (unpaired) electrons. The molecule has 0 saturated heterocycles. The van der Waals surface area contributed by atoms with Gasteiger partial charge in [0.15, 0.2) is 0 Å². The van der Waals surface area contributed by atoms with Crippen molar-refractivity contribution in [2.45, 2.75) is 13.8 Å². The van der Waals surface area contributed by atoms with E-state index in [1.165, 1.54) is 16.9 Å². The summed E-state index contributed by atoms with van der Waals surface area (Å²) < 4.78 is 5.18. The molecule has 2 N–H and O–H groups in total. The normalized spacial score (nSPS) is 10.9. The van der Waals surface area contributed by atoms with E-state index in [1.54, 1.807) is 6.92 Å². The molecule has 0 fully saturated rings. The zero-order chi connectivity index (χ0) is 19.7. The van der Waals surface area contributed by atoms with Crippen molar-refractivity contribution in [3.05, 3.63) is 71.1 Å². The Labute approximate surface area is 167 Å². The number of aryl methyl sites for hydroxylation is 1. The van der Waals surface area contributed by atoms with Crippen LogP contribution in [-0.4, -0.2) is 17.6 Å². The lowest BCUT2D eigenvalue weighted by atomic mass is 9.99. The minimum atomic E-state index is -0.404. The highest BCUT2D eigenvalue weighted by Crippen LogP contribution is 2.41. The zero-order valence-corrected chi connectivity index (χ0v) is 16.5. The van der Waals surface area contributed by atoms with Crippen molar-refractivity contribution in [3.8, 4) is 22.4 Å². The van der Waals surface area contributed by atoms with Crippen molar-refractivity contribution < 1.29 is 9.53 Å². The molecule has 0 aliphatic heterocycles. The van der Waals surface area contributed by atoms with E-state index in [0.29, 0.717) is 17.2 Å². The van der Waals surface area contributed by atoms with E-state index in [2.05, 4.69) is 31.2 Å². The molecule has 0 aliphatic rings. The van der Waals surface area contributed by atoms with Crippen LogP contribution >= 0.6 is 11.3 Å². The molecule has 5 heteroatoms. The van der Waals surface area contributed by atoms with Gasteiger partial charge in [-0.3, -0.25) is 0 Å². The van der Waals surface area contributed by atoms with Crippen molar-refractivity contribution in [1.82, 2.24) is 4.98 Å². The lowest BCUT2D eigenvalue weighted by molar-refractivity contribution is 0.0533. The number of hydrogen-bond donors (Lipinski definition) is 1. The third kappa shape index (κ3) is 3.25. The minimum Gasteiger partial charge on any atom is -0.462 e. The Morgan fingerprint density at radius 2 is 1.79 bits per heavy atom. The molecule has 4 rings (SSSR count). The first kappa shape index (κ1) is 18.2. The van der Waals surface area contributed by atoms with Gasteiger partial charge in [0, 0.05) is 10.9 Å². The number of hydrogen-bond acceptors (Lipinski definition) is 5. The fourth-order valence-corrected chi connectivity index (χ4v) is 4.20. The van der Waals surface area contributed by atoms with E-state index in [9.17, 15) is 4.79 Å². The Bertz CT molecular complexity index is 1150. The fourth-order valence-electron chi connectivity index (χ4n) is 3.19. The summed E-state index contributed by atoms with van der Waals surface area (Å²) in [4.78, 5) is 18.3. The smallest absolute Gasteiger partial charge is 0.350 e. The number of aromatic nitrogens is 1. The number of esters is 1. The number of benzene rings is 2. The quantitative estimate of drug-likeness (QED) is 0.456. The number of nitrogens with two attached hydrogens (primary N) is 1. The second-order valence-electron chi connectivity index (χ2n) is 6.53. The second kappa shape index (κ2) is 7.44. The number of anilines is 1. The molecular weight excluding hydrogens is 368 g/mol. The van der Waals surface area contributed by atoms with Gasteiger partial charge in [-0.2, -0.15) is 0 Å². The number of nitrogens with zero attached hydrogens (tertiary/aromatic N) is 1. The Morgan fingerprint density at radius 1 is 1.07 bits per heavy atom. The van der Waals surface area contributed by atoms with Gasteiger partial charge in [0.2, 0.25) is 0 Å². The van der Waals surface area contributed by atoms with Gasteiger partial charge in [-0.25, -0.2) is 9.78 Å². The number of pyridine rings is 1. The SMILES string of the molecule is CCOC(=O)c1sc2nc(-c3ccccc3)cc(-c3ccc(C)cc3)c2c1N. The maximum absolute atomic E-state index is 12.4. The van der Waals surface area contributed by atoms with Gasteiger partial charge < -0.3 is 10.5 Å². The van der Waals surface area contributed by atoms with Gasteiger partial charge >= 0.3 is 5.97 Å². The summed E-state index contributed by atoms with van der Waals surface area (Å²) in [6, 6.07) is 20.3. The van der Waals surface area contributed by atoms with Gasteiger partial charge in [-0.05, 0) is 31.0 Å². The van der Waals surface area contributed by atoms with E-state index >= 15 is 0 Å². The standard InChI is InChI=1S/C23H20N2O2S/c1-3-27-23(26)21-20(24)19-17(15-11-9-14(2)10-12-15)13-18(25-22(19)28-21)16-7-5-4-6-8-16/h4-13H,3,24H2,1-2H3. The van der Waals surface area contributed by atoms with Crippen LogP contribution in [0.15, 0.2) is 60.7 Å². The number of thiophene rings is 1. The molecule has 2 aromatic carbocycles. The summed E-state index contributed by atoms with van der Waals surface area (Å²) in [7, 11) is 0. The Kier molecular flexibility index (Phi) is 4.84. The van der Waals surface area contributed by atoms with Crippen molar-refractivity contribution >= 4 is 33.2 Å². The number of carbonyl (C=O) groups is 1. The maximum atomic E-state index is 12.4. The molecule has 0 spiro atoms. The van der Waals surface area contributed by atoms with Crippen LogP contribution in [0.2, 0.25) is 0 Å². The molecule has 2 heterocycles. The Balaban J connectivity index is 2.00. The summed E-state index contributed by atoms with van der Waals surface area (Å²) in [5.41, 5.74) is 11.9. The molecule has 0 aliphatic carbocycles. The number of nitrogen functional groups attached to an aromatic ring is 1. The highest BCUT2D eigenvalue weighted by molar-refractivity contribution is 7.21. The number of ether oxygens (including phenoxy) is 1. The van der Waals surface area contributed by atoms with Crippen molar-refractivity contribution in [2.75, 3.05) is 12.3 Å². The topological polar surface area (TPSA) is 65.2 Å². The molecule has 0 unspecified atom stereocenters. The molecule has 0 atom stereocenters. The summed E-state index contributed by atoms with van der Waals surface area (Å²) in [5.74, 6) is -0.404. The van der Waals surface area contributed by atoms with Crippen LogP contribution in [0.5, 0.6) is 0 Å². The summed E-state index contributed by atoms with van der Waals surface area (Å²) in [6.45, 7) is 4.14. The summed E-state index contributed by atoms with van der Waals surface area (Å²) >= 11 is 1.28. The van der Waals surface area contributed by atoms with Crippen LogP contribution in [0.25, 0.3) is 32.6 Å². The van der Waals surface area contributed by atoms with E-state index in [1.807, 2.05) is 36.4 Å². The first-order valence-electron chi connectivity index (χ1n) is 9.11. The van der Waals surface area contributed by atoms with Crippen LogP contribution in [0.4, 0.5) is 5.69 Å². The molecule has 0 saturated carbocycles. The average molecular weight is 388 g/mol. The molecule has 4 aromatic rings. The molecule has 140 valence electrons. The van der Waals surface area contributed by atoms with Gasteiger partial charge in [-0.15, -0.1) is 11.3 Å². The van der Waals surface area contributed by atoms with E-state index < -0.39 is 5.97 Å². The van der Waals surface area contributed by atoms with Crippen LogP contribution in [-0.2, 0) is 4.74 Å². The highest BCUT2D eigenvalue weighted by Gasteiger charge is 2.22. The second-order valence-corrected chi connectivity index (χ2v) is 7.53. The van der Waals surface area contributed by atoms with Crippen LogP contribution in [0.3, 0.4) is 0 Å². The van der Waals surface area contributed by atoms with Crippen LogP contribution in [0, 0.1) is 6.92 Å². The largest absolute Gasteiger partial charge is 0.462 e. The van der Waals surface area contributed by atoms with Gasteiger partial charge in [0.25, 0.3) is 0 Å². The summed E-state index contributed by atoms with van der Waals surface area (Å²) in [6.07, 6.45) is 0. The maximum Gasteiger partial charge on any atom is 0.350 e. The monoisotopic (exact) mass is 388 g/mol. The van der Waals surface area contributed by atoms with Crippen LogP contribution < -0.4 is 5.73 Å². The number of rotatable bonds is 4. The van der Waals surface area contributed by atoms with Gasteiger partial charge in [0.1, 0.15) is 9.71 Å².